The summed E-state index contributed by atoms with van der Waals surface area (Å²) in [6.45, 7) is 5.67. The number of amides is 1. The number of nitrogens with one attached hydrogen (secondary N) is 1. The summed E-state index contributed by atoms with van der Waals surface area (Å²) in [5.41, 5.74) is 8.30. The molecule has 0 aromatic heterocycles. The van der Waals surface area contributed by atoms with E-state index in [4.69, 9.17) is 5.73 Å². The minimum absolute atomic E-state index is 0.0617. The first-order chi connectivity index (χ1) is 9.56. The molecule has 0 spiro atoms. The number of rotatable bonds is 3. The molecular formula is C16H25N3O. The molecule has 0 saturated carbocycles. The highest BCUT2D eigenvalue weighted by atomic mass is 16.2. The predicted molar refractivity (Wildman–Crippen MR) is 83.7 cm³/mol. The summed E-state index contributed by atoms with van der Waals surface area (Å²) in [4.78, 5) is 14.5. The van der Waals surface area contributed by atoms with Crippen LogP contribution in [0.15, 0.2) is 18.2 Å². The Morgan fingerprint density at radius 1 is 1.40 bits per heavy atom. The normalized spacial score (nSPS) is 20.4. The standard InChI is InChI=1S/C16H25N3O/c1-12-10-14(17)7-8-15(12)18-16(20)11-19-9-5-3-4-6-13(19)2/h7-8,10,13H,3-6,9,11,17H2,1-2H3,(H,18,20). The minimum atomic E-state index is 0.0617. The number of anilines is 2. The van der Waals surface area contributed by atoms with Gasteiger partial charge in [-0.3, -0.25) is 9.69 Å². The van der Waals surface area contributed by atoms with Crippen molar-refractivity contribution in [3.8, 4) is 0 Å². The minimum Gasteiger partial charge on any atom is -0.399 e. The lowest BCUT2D eigenvalue weighted by Gasteiger charge is -2.26. The number of carbonyl (C=O) groups excluding carboxylic acids is 1. The van der Waals surface area contributed by atoms with E-state index in [-0.39, 0.29) is 5.91 Å². The molecule has 0 radical (unpaired) electrons. The molecule has 1 aromatic rings. The van der Waals surface area contributed by atoms with Gasteiger partial charge in [-0.2, -0.15) is 0 Å². The molecule has 1 aliphatic rings. The third-order valence-electron chi connectivity index (χ3n) is 4.06. The maximum atomic E-state index is 12.2. The largest absolute Gasteiger partial charge is 0.399 e. The predicted octanol–water partition coefficient (Wildman–Crippen LogP) is 2.78. The molecule has 0 aliphatic carbocycles. The molecule has 1 aliphatic heterocycles. The van der Waals surface area contributed by atoms with Crippen molar-refractivity contribution >= 4 is 17.3 Å². The molecule has 1 fully saturated rings. The van der Waals surface area contributed by atoms with E-state index in [0.29, 0.717) is 12.6 Å². The number of likely N-dealkylation sites (tertiary alicyclic amines) is 1. The summed E-state index contributed by atoms with van der Waals surface area (Å²) in [7, 11) is 0. The van der Waals surface area contributed by atoms with Crippen molar-refractivity contribution in [1.29, 1.82) is 0 Å². The summed E-state index contributed by atoms with van der Waals surface area (Å²) in [6.07, 6.45) is 4.93. The Morgan fingerprint density at radius 3 is 2.95 bits per heavy atom. The Bertz CT molecular complexity index is 473. The molecule has 1 amide bonds. The zero-order valence-electron chi connectivity index (χ0n) is 12.5. The Balaban J connectivity index is 1.94. The van der Waals surface area contributed by atoms with Crippen molar-refractivity contribution in [3.63, 3.8) is 0 Å². The van der Waals surface area contributed by atoms with Crippen LogP contribution in [0.3, 0.4) is 0 Å². The fraction of sp³-hybridized carbons (Fsp3) is 0.562. The second-order valence-electron chi connectivity index (χ2n) is 5.79. The summed E-state index contributed by atoms with van der Waals surface area (Å²) in [5, 5.41) is 2.99. The van der Waals surface area contributed by atoms with E-state index < -0.39 is 0 Å². The topological polar surface area (TPSA) is 58.4 Å². The third-order valence-corrected chi connectivity index (χ3v) is 4.06. The summed E-state index contributed by atoms with van der Waals surface area (Å²) >= 11 is 0. The zero-order chi connectivity index (χ0) is 14.5. The quantitative estimate of drug-likeness (QED) is 0.834. The summed E-state index contributed by atoms with van der Waals surface area (Å²) < 4.78 is 0. The molecule has 4 nitrogen and oxygen atoms in total. The molecule has 3 N–H and O–H groups in total. The van der Waals surface area contributed by atoms with Crippen molar-refractivity contribution in [2.75, 3.05) is 24.1 Å². The van der Waals surface area contributed by atoms with E-state index in [1.54, 1.807) is 0 Å². The Morgan fingerprint density at radius 2 is 2.20 bits per heavy atom. The van der Waals surface area contributed by atoms with E-state index in [1.807, 2.05) is 25.1 Å². The van der Waals surface area contributed by atoms with Crippen LogP contribution >= 0.6 is 0 Å². The number of benzene rings is 1. The first-order valence-electron chi connectivity index (χ1n) is 7.46. The van der Waals surface area contributed by atoms with Gasteiger partial charge < -0.3 is 11.1 Å². The average Bonchev–Trinajstić information content (AvgIpc) is 2.59. The van der Waals surface area contributed by atoms with Crippen molar-refractivity contribution in [2.45, 2.75) is 45.6 Å². The molecule has 1 aromatic carbocycles. The lowest BCUT2D eigenvalue weighted by Crippen LogP contribution is -2.39. The molecule has 1 atom stereocenters. The van der Waals surface area contributed by atoms with Crippen LogP contribution in [0.5, 0.6) is 0 Å². The maximum Gasteiger partial charge on any atom is 0.238 e. The second-order valence-corrected chi connectivity index (χ2v) is 5.79. The number of hydrogen-bond acceptors (Lipinski definition) is 3. The highest BCUT2D eigenvalue weighted by Gasteiger charge is 2.19. The SMILES string of the molecule is Cc1cc(N)ccc1NC(=O)CN1CCCCCC1C. The molecule has 1 heterocycles. The summed E-state index contributed by atoms with van der Waals surface area (Å²) in [6, 6.07) is 6.06. The summed E-state index contributed by atoms with van der Waals surface area (Å²) in [5.74, 6) is 0.0617. The van der Waals surface area contributed by atoms with Crippen LogP contribution in [0.4, 0.5) is 11.4 Å². The van der Waals surface area contributed by atoms with Gasteiger partial charge in [0.05, 0.1) is 6.54 Å². The van der Waals surface area contributed by atoms with Crippen molar-refractivity contribution in [1.82, 2.24) is 4.90 Å². The molecule has 1 saturated heterocycles. The van der Waals surface area contributed by atoms with Crippen LogP contribution in [0.2, 0.25) is 0 Å². The van der Waals surface area contributed by atoms with Gasteiger partial charge in [0.2, 0.25) is 5.91 Å². The fourth-order valence-electron chi connectivity index (χ4n) is 2.77. The molecular weight excluding hydrogens is 250 g/mol. The van der Waals surface area contributed by atoms with Crippen molar-refractivity contribution < 1.29 is 4.79 Å². The Hall–Kier alpha value is -1.55. The highest BCUT2D eigenvalue weighted by molar-refractivity contribution is 5.93. The van der Waals surface area contributed by atoms with Gasteiger partial charge in [0.25, 0.3) is 0 Å². The van der Waals surface area contributed by atoms with Gasteiger partial charge in [-0.15, -0.1) is 0 Å². The van der Waals surface area contributed by atoms with E-state index in [0.717, 1.165) is 23.5 Å². The molecule has 110 valence electrons. The first kappa shape index (κ1) is 14.9. The number of nitrogens with two attached hydrogens (primary N) is 1. The van der Waals surface area contributed by atoms with Crippen LogP contribution < -0.4 is 11.1 Å². The lowest BCUT2D eigenvalue weighted by atomic mass is 10.1. The second kappa shape index (κ2) is 6.75. The Kier molecular flexibility index (Phi) is 5.01. The lowest BCUT2D eigenvalue weighted by molar-refractivity contribution is -0.117. The molecule has 1 unspecified atom stereocenters. The van der Waals surface area contributed by atoms with Crippen LogP contribution in [0.1, 0.15) is 38.2 Å². The number of nitrogen functional groups attached to an aromatic ring is 1. The van der Waals surface area contributed by atoms with Gasteiger partial charge in [-0.05, 0) is 57.0 Å². The molecule has 2 rings (SSSR count). The number of nitrogens with zero attached hydrogens (tertiary/aromatic N) is 1. The third kappa shape index (κ3) is 3.97. The average molecular weight is 275 g/mol. The molecule has 20 heavy (non-hydrogen) atoms. The van der Waals surface area contributed by atoms with Gasteiger partial charge in [0.1, 0.15) is 0 Å². The maximum absolute atomic E-state index is 12.2. The van der Waals surface area contributed by atoms with Gasteiger partial charge in [0, 0.05) is 17.4 Å². The van der Waals surface area contributed by atoms with Crippen molar-refractivity contribution in [2.24, 2.45) is 0 Å². The number of carbonyl (C=O) groups is 1. The van der Waals surface area contributed by atoms with Gasteiger partial charge in [0.15, 0.2) is 0 Å². The van der Waals surface area contributed by atoms with Gasteiger partial charge in [-0.1, -0.05) is 12.8 Å². The monoisotopic (exact) mass is 275 g/mol. The zero-order valence-corrected chi connectivity index (χ0v) is 12.5. The van der Waals surface area contributed by atoms with E-state index >= 15 is 0 Å². The smallest absolute Gasteiger partial charge is 0.238 e. The van der Waals surface area contributed by atoms with E-state index in [9.17, 15) is 4.79 Å². The number of hydrogen-bond donors (Lipinski definition) is 2. The highest BCUT2D eigenvalue weighted by Crippen LogP contribution is 2.19. The Labute approximate surface area is 121 Å². The molecule has 0 bridgehead atoms. The van der Waals surface area contributed by atoms with Crippen LogP contribution in [-0.2, 0) is 4.79 Å². The van der Waals surface area contributed by atoms with Crippen LogP contribution in [0.25, 0.3) is 0 Å². The van der Waals surface area contributed by atoms with E-state index in [1.165, 1.54) is 25.7 Å². The van der Waals surface area contributed by atoms with Gasteiger partial charge >= 0.3 is 0 Å². The van der Waals surface area contributed by atoms with Crippen molar-refractivity contribution in [3.05, 3.63) is 23.8 Å². The fourth-order valence-corrected chi connectivity index (χ4v) is 2.77. The first-order valence-corrected chi connectivity index (χ1v) is 7.46. The van der Waals surface area contributed by atoms with E-state index in [2.05, 4.69) is 17.1 Å². The van der Waals surface area contributed by atoms with Crippen LogP contribution in [-0.4, -0.2) is 29.9 Å². The molecule has 4 heteroatoms. The number of aryl methyl sites for hydroxylation is 1. The van der Waals surface area contributed by atoms with Gasteiger partial charge in [-0.25, -0.2) is 0 Å². The van der Waals surface area contributed by atoms with Crippen LogP contribution in [0, 0.1) is 6.92 Å².